The molecule has 132 valence electrons. The van der Waals surface area contributed by atoms with Crippen molar-refractivity contribution in [3.63, 3.8) is 0 Å². The van der Waals surface area contributed by atoms with Crippen LogP contribution in [-0.2, 0) is 4.79 Å². The van der Waals surface area contributed by atoms with Crippen LogP contribution in [0.1, 0.15) is 32.3 Å². The summed E-state index contributed by atoms with van der Waals surface area (Å²) in [6.07, 6.45) is 1.57. The molecule has 1 aliphatic heterocycles. The summed E-state index contributed by atoms with van der Waals surface area (Å²) in [6, 6.07) is 5.83. The van der Waals surface area contributed by atoms with Crippen molar-refractivity contribution in [3.05, 3.63) is 28.2 Å². The van der Waals surface area contributed by atoms with Gasteiger partial charge in [-0.3, -0.25) is 9.79 Å². The van der Waals surface area contributed by atoms with E-state index in [4.69, 9.17) is 0 Å². The van der Waals surface area contributed by atoms with E-state index in [1.807, 2.05) is 25.1 Å². The molecule has 1 fully saturated rings. The summed E-state index contributed by atoms with van der Waals surface area (Å²) in [4.78, 5) is 18.7. The van der Waals surface area contributed by atoms with Crippen LogP contribution in [0, 0.1) is 12.3 Å². The molecule has 1 saturated heterocycles. The number of halogens is 1. The van der Waals surface area contributed by atoms with E-state index in [1.165, 1.54) is 0 Å². The first-order valence-electron chi connectivity index (χ1n) is 8.32. The summed E-state index contributed by atoms with van der Waals surface area (Å²) >= 11 is 3.43. The maximum absolute atomic E-state index is 12.1. The third-order valence-corrected chi connectivity index (χ3v) is 4.78. The number of carbonyl (C=O) groups excluding carboxylic acids is 1. The molecule has 0 aromatic heterocycles. The smallest absolute Gasteiger partial charge is 0.226 e. The zero-order valence-corrected chi connectivity index (χ0v) is 16.5. The molecule has 24 heavy (non-hydrogen) atoms. The summed E-state index contributed by atoms with van der Waals surface area (Å²) < 4.78 is 1.01. The van der Waals surface area contributed by atoms with Gasteiger partial charge in [-0.1, -0.05) is 29.8 Å². The lowest BCUT2D eigenvalue weighted by atomic mass is 9.93. The van der Waals surface area contributed by atoms with Gasteiger partial charge < -0.3 is 15.5 Å². The number of guanidine groups is 1. The average Bonchev–Trinajstić information content (AvgIpc) is 2.86. The van der Waals surface area contributed by atoms with E-state index in [1.54, 1.807) is 7.05 Å². The fourth-order valence-electron chi connectivity index (χ4n) is 2.89. The van der Waals surface area contributed by atoms with E-state index in [0.717, 1.165) is 41.2 Å². The molecule has 0 bridgehead atoms. The van der Waals surface area contributed by atoms with Gasteiger partial charge in [-0.05, 0) is 42.5 Å². The van der Waals surface area contributed by atoms with Gasteiger partial charge in [0, 0.05) is 43.3 Å². The normalized spacial score (nSPS) is 17.0. The van der Waals surface area contributed by atoms with Crippen molar-refractivity contribution in [3.8, 4) is 0 Å². The predicted octanol–water partition coefficient (Wildman–Crippen LogP) is 3.39. The number of nitrogens with zero attached hydrogens (tertiary/aromatic N) is 2. The Balaban J connectivity index is 1.79. The van der Waals surface area contributed by atoms with Crippen LogP contribution in [0.3, 0.4) is 0 Å². The second-order valence-electron chi connectivity index (χ2n) is 7.07. The van der Waals surface area contributed by atoms with Gasteiger partial charge in [0.25, 0.3) is 0 Å². The van der Waals surface area contributed by atoms with E-state index in [-0.39, 0.29) is 5.91 Å². The van der Waals surface area contributed by atoms with Crippen LogP contribution in [0.15, 0.2) is 27.7 Å². The topological polar surface area (TPSA) is 56.7 Å². The molecule has 0 saturated carbocycles. The van der Waals surface area contributed by atoms with Crippen molar-refractivity contribution in [2.24, 2.45) is 10.4 Å². The third kappa shape index (κ3) is 5.23. The Bertz CT molecular complexity index is 627. The molecule has 2 N–H and O–H groups in total. The van der Waals surface area contributed by atoms with E-state index < -0.39 is 0 Å². The van der Waals surface area contributed by atoms with E-state index in [0.29, 0.717) is 18.4 Å². The predicted molar refractivity (Wildman–Crippen MR) is 103 cm³/mol. The average molecular weight is 395 g/mol. The number of hydrogen-bond donors (Lipinski definition) is 2. The number of nitrogens with one attached hydrogen (secondary N) is 2. The first-order chi connectivity index (χ1) is 11.3. The van der Waals surface area contributed by atoms with Crippen molar-refractivity contribution in [2.45, 2.75) is 33.6 Å². The lowest BCUT2D eigenvalue weighted by Crippen LogP contribution is -2.41. The second-order valence-corrected chi connectivity index (χ2v) is 7.98. The number of rotatable bonds is 4. The summed E-state index contributed by atoms with van der Waals surface area (Å²) in [6.45, 7) is 9.11. The first-order valence-corrected chi connectivity index (χ1v) is 9.12. The van der Waals surface area contributed by atoms with Crippen molar-refractivity contribution in [1.82, 2.24) is 10.2 Å². The third-order valence-electron chi connectivity index (χ3n) is 4.29. The van der Waals surface area contributed by atoms with Gasteiger partial charge in [0.15, 0.2) is 5.96 Å². The highest BCUT2D eigenvalue weighted by molar-refractivity contribution is 9.10. The molecule has 5 nitrogen and oxygen atoms in total. The fourth-order valence-corrected chi connectivity index (χ4v) is 3.37. The zero-order valence-electron chi connectivity index (χ0n) is 14.9. The summed E-state index contributed by atoms with van der Waals surface area (Å²) in [7, 11) is 1.79. The van der Waals surface area contributed by atoms with E-state index in [2.05, 4.69) is 50.3 Å². The molecule has 6 heteroatoms. The van der Waals surface area contributed by atoms with Crippen LogP contribution < -0.4 is 10.6 Å². The van der Waals surface area contributed by atoms with Crippen molar-refractivity contribution in [1.29, 1.82) is 0 Å². The van der Waals surface area contributed by atoms with Gasteiger partial charge >= 0.3 is 0 Å². The van der Waals surface area contributed by atoms with Crippen molar-refractivity contribution < 1.29 is 4.79 Å². The van der Waals surface area contributed by atoms with Crippen LogP contribution in [0.4, 0.5) is 5.69 Å². The van der Waals surface area contributed by atoms with Gasteiger partial charge in [-0.15, -0.1) is 0 Å². The van der Waals surface area contributed by atoms with Gasteiger partial charge in [0.05, 0.1) is 0 Å². The van der Waals surface area contributed by atoms with Crippen molar-refractivity contribution >= 4 is 33.5 Å². The SMILES string of the molecule is CN=C(NCCC(=O)Nc1ccc(Br)cc1C)N1CCC(C)(C)C1. The number of hydrogen-bond acceptors (Lipinski definition) is 2. The van der Waals surface area contributed by atoms with E-state index in [9.17, 15) is 4.79 Å². The molecular weight excluding hydrogens is 368 g/mol. The second kappa shape index (κ2) is 8.01. The van der Waals surface area contributed by atoms with Crippen molar-refractivity contribution in [2.75, 3.05) is 32.0 Å². The lowest BCUT2D eigenvalue weighted by molar-refractivity contribution is -0.116. The van der Waals surface area contributed by atoms with Crippen LogP contribution in [-0.4, -0.2) is 43.4 Å². The lowest BCUT2D eigenvalue weighted by Gasteiger charge is -2.23. The number of aryl methyl sites for hydroxylation is 1. The molecule has 2 rings (SSSR count). The summed E-state index contributed by atoms with van der Waals surface area (Å²) in [5.41, 5.74) is 2.23. The molecule has 1 heterocycles. The quantitative estimate of drug-likeness (QED) is 0.607. The van der Waals surface area contributed by atoms with Gasteiger partial charge in [0.2, 0.25) is 5.91 Å². The molecule has 0 unspecified atom stereocenters. The first kappa shape index (κ1) is 18.8. The minimum Gasteiger partial charge on any atom is -0.356 e. The fraction of sp³-hybridized carbons (Fsp3) is 0.556. The molecule has 0 aliphatic carbocycles. The van der Waals surface area contributed by atoms with Crippen LogP contribution in [0.25, 0.3) is 0 Å². The Morgan fingerprint density at radius 1 is 1.42 bits per heavy atom. The molecule has 1 amide bonds. The standard InChI is InChI=1S/C18H27BrN4O/c1-13-11-14(19)5-6-15(13)22-16(24)7-9-21-17(20-4)23-10-8-18(2,3)12-23/h5-6,11H,7-10,12H2,1-4H3,(H,20,21)(H,22,24). The highest BCUT2D eigenvalue weighted by Crippen LogP contribution is 2.28. The molecule has 1 aromatic rings. The highest BCUT2D eigenvalue weighted by Gasteiger charge is 2.30. The Labute approximate surface area is 153 Å². The van der Waals surface area contributed by atoms with Crippen LogP contribution in [0.2, 0.25) is 0 Å². The molecule has 1 aromatic carbocycles. The molecular formula is C18H27BrN4O. The summed E-state index contributed by atoms with van der Waals surface area (Å²) in [5.74, 6) is 0.887. The highest BCUT2D eigenvalue weighted by atomic mass is 79.9. The van der Waals surface area contributed by atoms with Gasteiger partial charge in [-0.25, -0.2) is 0 Å². The van der Waals surface area contributed by atoms with Crippen LogP contribution in [0.5, 0.6) is 0 Å². The van der Waals surface area contributed by atoms with Gasteiger partial charge in [0.1, 0.15) is 0 Å². The molecule has 0 spiro atoms. The number of aliphatic imine (C=N–C) groups is 1. The minimum atomic E-state index is 0.00475. The van der Waals surface area contributed by atoms with Gasteiger partial charge in [-0.2, -0.15) is 0 Å². The molecule has 0 atom stereocenters. The molecule has 1 aliphatic rings. The Morgan fingerprint density at radius 3 is 2.75 bits per heavy atom. The monoisotopic (exact) mass is 394 g/mol. The summed E-state index contributed by atoms with van der Waals surface area (Å²) in [5, 5.41) is 6.26. The Hall–Kier alpha value is -1.56. The number of amides is 1. The largest absolute Gasteiger partial charge is 0.356 e. The Kier molecular flexibility index (Phi) is 6.27. The Morgan fingerprint density at radius 2 is 2.17 bits per heavy atom. The zero-order chi connectivity index (χ0) is 17.7. The number of anilines is 1. The number of likely N-dealkylation sites (tertiary alicyclic amines) is 1. The minimum absolute atomic E-state index is 0.00475. The maximum Gasteiger partial charge on any atom is 0.226 e. The molecule has 0 radical (unpaired) electrons. The van der Waals surface area contributed by atoms with Crippen LogP contribution >= 0.6 is 15.9 Å². The number of carbonyl (C=O) groups is 1. The maximum atomic E-state index is 12.1. The number of benzene rings is 1. The van der Waals surface area contributed by atoms with E-state index >= 15 is 0 Å².